The molecule has 0 bridgehead atoms. The smallest absolute Gasteiger partial charge is 0.0897 e. The minimum Gasteiger partial charge on any atom is -0.309 e. The Labute approximate surface area is 116 Å². The molecule has 1 aromatic rings. The molecule has 0 radical (unpaired) electrons. The SMILES string of the molecule is CCCCCCCC(NCCC)c1cnc(C)s1. The van der Waals surface area contributed by atoms with Crippen molar-refractivity contribution < 1.29 is 0 Å². The van der Waals surface area contributed by atoms with Crippen LogP contribution in [0.25, 0.3) is 0 Å². The summed E-state index contributed by atoms with van der Waals surface area (Å²) in [6, 6.07) is 0.526. The predicted molar refractivity (Wildman–Crippen MR) is 81.3 cm³/mol. The van der Waals surface area contributed by atoms with E-state index in [9.17, 15) is 0 Å². The number of nitrogens with zero attached hydrogens (tertiary/aromatic N) is 1. The third kappa shape index (κ3) is 5.96. The molecule has 104 valence electrons. The number of hydrogen-bond donors (Lipinski definition) is 1. The molecule has 0 saturated heterocycles. The van der Waals surface area contributed by atoms with Gasteiger partial charge in [0.1, 0.15) is 0 Å². The van der Waals surface area contributed by atoms with Crippen molar-refractivity contribution >= 4 is 11.3 Å². The zero-order valence-electron chi connectivity index (χ0n) is 12.2. The van der Waals surface area contributed by atoms with Crippen molar-refractivity contribution in [3.8, 4) is 0 Å². The predicted octanol–water partition coefficient (Wildman–Crippen LogP) is 4.85. The fraction of sp³-hybridized carbons (Fsp3) is 0.800. The first-order chi connectivity index (χ1) is 8.77. The van der Waals surface area contributed by atoms with Crippen LogP contribution in [0.4, 0.5) is 0 Å². The van der Waals surface area contributed by atoms with Crippen LogP contribution < -0.4 is 5.32 Å². The highest BCUT2D eigenvalue weighted by molar-refractivity contribution is 7.11. The fourth-order valence-corrected chi connectivity index (χ4v) is 3.05. The third-order valence-electron chi connectivity index (χ3n) is 3.22. The first-order valence-corrected chi connectivity index (χ1v) is 8.25. The largest absolute Gasteiger partial charge is 0.309 e. The Bertz CT molecular complexity index is 309. The van der Waals surface area contributed by atoms with Gasteiger partial charge >= 0.3 is 0 Å². The maximum absolute atomic E-state index is 4.38. The van der Waals surface area contributed by atoms with Gasteiger partial charge in [-0.1, -0.05) is 46.0 Å². The summed E-state index contributed by atoms with van der Waals surface area (Å²) in [7, 11) is 0. The van der Waals surface area contributed by atoms with Crippen LogP contribution >= 0.6 is 11.3 Å². The molecule has 0 spiro atoms. The van der Waals surface area contributed by atoms with E-state index in [0.717, 1.165) is 6.54 Å². The zero-order valence-corrected chi connectivity index (χ0v) is 13.0. The highest BCUT2D eigenvalue weighted by Crippen LogP contribution is 2.25. The summed E-state index contributed by atoms with van der Waals surface area (Å²) in [4.78, 5) is 5.80. The molecule has 1 N–H and O–H groups in total. The lowest BCUT2D eigenvalue weighted by atomic mass is 10.1. The number of aromatic nitrogens is 1. The van der Waals surface area contributed by atoms with E-state index < -0.39 is 0 Å². The Morgan fingerprint density at radius 3 is 2.56 bits per heavy atom. The molecule has 2 nitrogen and oxygen atoms in total. The lowest BCUT2D eigenvalue weighted by Crippen LogP contribution is -2.21. The second-order valence-electron chi connectivity index (χ2n) is 4.99. The van der Waals surface area contributed by atoms with Crippen LogP contribution in [0.2, 0.25) is 0 Å². The summed E-state index contributed by atoms with van der Waals surface area (Å²) in [6.45, 7) is 7.69. The van der Waals surface area contributed by atoms with Crippen LogP contribution in [0, 0.1) is 6.92 Å². The number of nitrogens with one attached hydrogen (secondary N) is 1. The molecule has 1 unspecified atom stereocenters. The third-order valence-corrected chi connectivity index (χ3v) is 4.25. The van der Waals surface area contributed by atoms with Crippen molar-refractivity contribution in [3.63, 3.8) is 0 Å². The summed E-state index contributed by atoms with van der Waals surface area (Å²) in [6.07, 6.45) is 11.3. The van der Waals surface area contributed by atoms with E-state index in [-0.39, 0.29) is 0 Å². The average molecular weight is 268 g/mol. The Hall–Kier alpha value is -0.410. The molecule has 0 aliphatic heterocycles. The molecular formula is C15H28N2S. The summed E-state index contributed by atoms with van der Waals surface area (Å²) in [5, 5.41) is 4.84. The molecule has 3 heteroatoms. The van der Waals surface area contributed by atoms with Crippen molar-refractivity contribution in [1.29, 1.82) is 0 Å². The van der Waals surface area contributed by atoms with Crippen LogP contribution in [0.15, 0.2) is 6.20 Å². The van der Waals surface area contributed by atoms with Gasteiger partial charge in [-0.2, -0.15) is 0 Å². The Morgan fingerprint density at radius 1 is 1.17 bits per heavy atom. The minimum atomic E-state index is 0.526. The van der Waals surface area contributed by atoms with Gasteiger partial charge in [0.2, 0.25) is 0 Å². The van der Waals surface area contributed by atoms with Crippen molar-refractivity contribution in [2.24, 2.45) is 0 Å². The van der Waals surface area contributed by atoms with Gasteiger partial charge < -0.3 is 5.32 Å². The van der Waals surface area contributed by atoms with Crippen LogP contribution in [-0.2, 0) is 0 Å². The van der Waals surface area contributed by atoms with E-state index >= 15 is 0 Å². The molecule has 0 fully saturated rings. The number of thiazole rings is 1. The standard InChI is InChI=1S/C15H28N2S/c1-4-6-7-8-9-10-14(16-11-5-2)15-12-17-13(3)18-15/h12,14,16H,4-11H2,1-3H3. The van der Waals surface area contributed by atoms with Crippen LogP contribution in [0.5, 0.6) is 0 Å². The highest BCUT2D eigenvalue weighted by atomic mass is 32.1. The van der Waals surface area contributed by atoms with Gasteiger partial charge in [-0.05, 0) is 26.3 Å². The van der Waals surface area contributed by atoms with Gasteiger partial charge in [0.15, 0.2) is 0 Å². The summed E-state index contributed by atoms with van der Waals surface area (Å²) >= 11 is 1.84. The maximum atomic E-state index is 4.38. The van der Waals surface area contributed by atoms with E-state index in [1.807, 2.05) is 11.3 Å². The van der Waals surface area contributed by atoms with E-state index in [4.69, 9.17) is 0 Å². The second-order valence-corrected chi connectivity index (χ2v) is 6.26. The topological polar surface area (TPSA) is 24.9 Å². The lowest BCUT2D eigenvalue weighted by Gasteiger charge is -2.16. The van der Waals surface area contributed by atoms with Crippen LogP contribution in [-0.4, -0.2) is 11.5 Å². The molecule has 0 aliphatic carbocycles. The molecule has 0 amide bonds. The molecule has 0 saturated carbocycles. The van der Waals surface area contributed by atoms with Gasteiger partial charge in [-0.15, -0.1) is 11.3 Å². The lowest BCUT2D eigenvalue weighted by molar-refractivity contribution is 0.473. The molecule has 0 aromatic carbocycles. The molecule has 1 aromatic heterocycles. The Kier molecular flexibility index (Phi) is 8.27. The van der Waals surface area contributed by atoms with Gasteiger partial charge in [0, 0.05) is 17.1 Å². The highest BCUT2D eigenvalue weighted by Gasteiger charge is 2.12. The van der Waals surface area contributed by atoms with Crippen molar-refractivity contribution in [1.82, 2.24) is 10.3 Å². The Balaban J connectivity index is 2.36. The number of rotatable bonds is 10. The zero-order chi connectivity index (χ0) is 13.2. The summed E-state index contributed by atoms with van der Waals surface area (Å²) in [5.74, 6) is 0. The van der Waals surface area contributed by atoms with Crippen LogP contribution in [0.3, 0.4) is 0 Å². The molecule has 1 rings (SSSR count). The Morgan fingerprint density at radius 2 is 1.94 bits per heavy atom. The first kappa shape index (κ1) is 15.6. The van der Waals surface area contributed by atoms with Crippen LogP contribution in [0.1, 0.15) is 74.7 Å². The normalized spacial score (nSPS) is 12.8. The quantitative estimate of drug-likeness (QED) is 0.613. The molecule has 1 atom stereocenters. The van der Waals surface area contributed by atoms with E-state index in [2.05, 4.69) is 37.3 Å². The van der Waals surface area contributed by atoms with E-state index in [0.29, 0.717) is 6.04 Å². The fourth-order valence-electron chi connectivity index (χ4n) is 2.15. The monoisotopic (exact) mass is 268 g/mol. The van der Waals surface area contributed by atoms with Gasteiger partial charge in [0.25, 0.3) is 0 Å². The molecular weight excluding hydrogens is 240 g/mol. The van der Waals surface area contributed by atoms with Crippen molar-refractivity contribution in [3.05, 3.63) is 16.1 Å². The maximum Gasteiger partial charge on any atom is 0.0897 e. The number of hydrogen-bond acceptors (Lipinski definition) is 3. The van der Waals surface area contributed by atoms with E-state index in [1.165, 1.54) is 54.8 Å². The van der Waals surface area contributed by atoms with Gasteiger partial charge in [-0.25, -0.2) is 4.98 Å². The van der Waals surface area contributed by atoms with Gasteiger partial charge in [-0.3, -0.25) is 0 Å². The second kappa shape index (κ2) is 9.51. The van der Waals surface area contributed by atoms with E-state index in [1.54, 1.807) is 0 Å². The molecule has 1 heterocycles. The average Bonchev–Trinajstić information content (AvgIpc) is 2.79. The van der Waals surface area contributed by atoms with Gasteiger partial charge in [0.05, 0.1) is 5.01 Å². The number of aryl methyl sites for hydroxylation is 1. The summed E-state index contributed by atoms with van der Waals surface area (Å²) < 4.78 is 0. The molecule has 0 aliphatic rings. The van der Waals surface area contributed by atoms with Crippen molar-refractivity contribution in [2.45, 2.75) is 71.8 Å². The minimum absolute atomic E-state index is 0.526. The first-order valence-electron chi connectivity index (χ1n) is 7.43. The molecule has 18 heavy (non-hydrogen) atoms. The van der Waals surface area contributed by atoms with Crippen molar-refractivity contribution in [2.75, 3.05) is 6.54 Å². The summed E-state index contributed by atoms with van der Waals surface area (Å²) in [5.41, 5.74) is 0. The number of unbranched alkanes of at least 4 members (excludes halogenated alkanes) is 4.